The lowest BCUT2D eigenvalue weighted by atomic mass is 10.0. The standard InChI is InChI=1S/C27H24F4N6O5S/c1-16-3-6-23(20(28)11-16)43(39,40)37(42-26(38)27(29,30)31)22-13-18(14-33-25(22)41-2)17-4-5-21-19(12-17)24(35-15-34-21)36-9-7-32-8-10-36/h3-6,11-15,32H,7-10H2,1-2H3. The molecule has 226 valence electrons. The summed E-state index contributed by atoms with van der Waals surface area (Å²) in [7, 11) is -4.20. The molecule has 1 aliphatic heterocycles. The van der Waals surface area contributed by atoms with Crippen LogP contribution in [0.15, 0.2) is 59.9 Å². The Hall–Kier alpha value is -4.57. The number of nitrogens with one attached hydrogen (secondary N) is 1. The Bertz CT molecular complexity index is 1800. The third-order valence-electron chi connectivity index (χ3n) is 6.57. The number of hydrogen-bond donors (Lipinski definition) is 1. The van der Waals surface area contributed by atoms with Crippen LogP contribution in [0.1, 0.15) is 5.56 Å². The van der Waals surface area contributed by atoms with Crippen molar-refractivity contribution in [2.75, 3.05) is 42.7 Å². The molecule has 2 aromatic carbocycles. The molecule has 1 fully saturated rings. The minimum absolute atomic E-state index is 0.209. The summed E-state index contributed by atoms with van der Waals surface area (Å²) in [5, 5.41) is 3.92. The van der Waals surface area contributed by atoms with Gasteiger partial charge in [-0.3, -0.25) is 0 Å². The predicted molar refractivity (Wildman–Crippen MR) is 147 cm³/mol. The van der Waals surface area contributed by atoms with Crippen molar-refractivity contribution in [3.05, 3.63) is 66.4 Å². The Morgan fingerprint density at radius 3 is 2.44 bits per heavy atom. The van der Waals surface area contributed by atoms with E-state index in [1.54, 1.807) is 18.2 Å². The van der Waals surface area contributed by atoms with Crippen molar-refractivity contribution in [3.8, 4) is 17.0 Å². The smallest absolute Gasteiger partial charge is 0.479 e. The van der Waals surface area contributed by atoms with E-state index >= 15 is 0 Å². The maximum Gasteiger partial charge on any atom is 0.493 e. The highest BCUT2D eigenvalue weighted by atomic mass is 32.2. The Balaban J connectivity index is 1.66. The van der Waals surface area contributed by atoms with Gasteiger partial charge in [0.1, 0.15) is 22.9 Å². The fourth-order valence-corrected chi connectivity index (χ4v) is 5.78. The van der Waals surface area contributed by atoms with Crippen LogP contribution in [0, 0.1) is 12.7 Å². The van der Waals surface area contributed by atoms with Gasteiger partial charge in [0, 0.05) is 43.3 Å². The van der Waals surface area contributed by atoms with Gasteiger partial charge in [0.25, 0.3) is 10.0 Å². The fourth-order valence-electron chi connectivity index (χ4n) is 4.50. The number of sulfonamides is 1. The molecule has 2 aromatic heterocycles. The molecule has 0 radical (unpaired) electrons. The first-order valence-electron chi connectivity index (χ1n) is 12.8. The van der Waals surface area contributed by atoms with Gasteiger partial charge in [-0.25, -0.2) is 24.1 Å². The second kappa shape index (κ2) is 11.6. The number of rotatable bonds is 7. The van der Waals surface area contributed by atoms with Crippen molar-refractivity contribution in [2.24, 2.45) is 0 Å². The van der Waals surface area contributed by atoms with Gasteiger partial charge < -0.3 is 19.8 Å². The number of halogens is 4. The van der Waals surface area contributed by atoms with Crippen LogP contribution in [0.25, 0.3) is 22.0 Å². The normalized spacial score (nSPS) is 14.0. The van der Waals surface area contributed by atoms with Crippen LogP contribution < -0.4 is 19.4 Å². The van der Waals surface area contributed by atoms with E-state index in [0.29, 0.717) is 40.9 Å². The van der Waals surface area contributed by atoms with E-state index in [4.69, 9.17) is 4.74 Å². The van der Waals surface area contributed by atoms with E-state index in [0.717, 1.165) is 38.4 Å². The number of anilines is 2. The molecule has 4 aromatic rings. The van der Waals surface area contributed by atoms with E-state index in [9.17, 15) is 30.8 Å². The highest BCUT2D eigenvalue weighted by Gasteiger charge is 2.46. The maximum absolute atomic E-state index is 14.8. The average molecular weight is 621 g/mol. The van der Waals surface area contributed by atoms with E-state index in [-0.39, 0.29) is 10.0 Å². The minimum atomic E-state index is -5.59. The number of benzene rings is 2. The number of pyridine rings is 1. The average Bonchev–Trinajstić information content (AvgIpc) is 2.98. The molecule has 0 unspecified atom stereocenters. The summed E-state index contributed by atoms with van der Waals surface area (Å²) in [5.41, 5.74) is 0.921. The number of hydrogen-bond acceptors (Lipinski definition) is 10. The summed E-state index contributed by atoms with van der Waals surface area (Å²) in [6.45, 7) is 4.37. The number of carbonyl (C=O) groups excluding carboxylic acids is 1. The van der Waals surface area contributed by atoms with Crippen molar-refractivity contribution in [2.45, 2.75) is 18.0 Å². The number of aromatic nitrogens is 3. The van der Waals surface area contributed by atoms with Gasteiger partial charge in [-0.15, -0.1) is 0 Å². The highest BCUT2D eigenvalue weighted by molar-refractivity contribution is 7.92. The lowest BCUT2D eigenvalue weighted by molar-refractivity contribution is -0.199. The van der Waals surface area contributed by atoms with E-state index in [1.165, 1.54) is 25.5 Å². The molecule has 43 heavy (non-hydrogen) atoms. The number of ether oxygens (including phenoxy) is 1. The van der Waals surface area contributed by atoms with E-state index in [2.05, 4.69) is 30.0 Å². The zero-order valence-electron chi connectivity index (χ0n) is 22.7. The van der Waals surface area contributed by atoms with Gasteiger partial charge in [-0.1, -0.05) is 16.6 Å². The van der Waals surface area contributed by atoms with Crippen LogP contribution in [0.2, 0.25) is 0 Å². The molecule has 16 heteroatoms. The summed E-state index contributed by atoms with van der Waals surface area (Å²) in [4.78, 5) is 30.1. The van der Waals surface area contributed by atoms with Crippen LogP contribution in [-0.2, 0) is 19.7 Å². The minimum Gasteiger partial charge on any atom is -0.479 e. The highest BCUT2D eigenvalue weighted by Crippen LogP contribution is 2.37. The first-order chi connectivity index (χ1) is 20.4. The second-order valence-corrected chi connectivity index (χ2v) is 11.2. The number of piperazine rings is 1. The number of nitrogens with zero attached hydrogens (tertiary/aromatic N) is 5. The number of fused-ring (bicyclic) bond motifs is 1. The summed E-state index contributed by atoms with van der Waals surface area (Å²) in [5.74, 6) is -3.99. The fraction of sp³-hybridized carbons (Fsp3) is 0.259. The third kappa shape index (κ3) is 6.01. The molecular formula is C27H24F4N6O5S. The van der Waals surface area contributed by atoms with Crippen LogP contribution >= 0.6 is 0 Å². The Kier molecular flexibility index (Phi) is 8.07. The molecule has 5 rings (SSSR count). The van der Waals surface area contributed by atoms with Gasteiger partial charge in [0.2, 0.25) is 5.88 Å². The number of aryl methyl sites for hydroxylation is 1. The molecule has 1 aliphatic rings. The molecule has 0 saturated carbocycles. The van der Waals surface area contributed by atoms with Crippen LogP contribution in [-0.4, -0.2) is 68.8 Å². The molecule has 11 nitrogen and oxygen atoms in total. The second-order valence-electron chi connectivity index (χ2n) is 9.46. The summed E-state index contributed by atoms with van der Waals surface area (Å²) >= 11 is 0. The van der Waals surface area contributed by atoms with Crippen molar-refractivity contribution >= 4 is 38.4 Å². The Morgan fingerprint density at radius 2 is 1.77 bits per heavy atom. The van der Waals surface area contributed by atoms with Gasteiger partial charge in [-0.2, -0.15) is 21.6 Å². The number of carbonyl (C=O) groups is 1. The number of alkyl halides is 3. The zero-order chi connectivity index (χ0) is 30.9. The Labute approximate surface area is 243 Å². The summed E-state index contributed by atoms with van der Waals surface area (Å²) in [6, 6.07) is 9.12. The molecule has 0 aliphatic carbocycles. The maximum atomic E-state index is 14.8. The number of methoxy groups -OCH3 is 1. The lowest BCUT2D eigenvalue weighted by Crippen LogP contribution is -2.44. The van der Waals surface area contributed by atoms with E-state index in [1.807, 2.05) is 0 Å². The SMILES string of the molecule is COc1ncc(-c2ccc3ncnc(N4CCNCC4)c3c2)cc1N(OC(=O)C(F)(F)F)S(=O)(=O)c1ccc(C)cc1F. The first kappa shape index (κ1) is 29.9. The van der Waals surface area contributed by atoms with Crippen molar-refractivity contribution in [1.29, 1.82) is 0 Å². The van der Waals surface area contributed by atoms with E-state index < -0.39 is 44.4 Å². The molecule has 1 saturated heterocycles. The summed E-state index contributed by atoms with van der Waals surface area (Å²) < 4.78 is 86.6. The van der Waals surface area contributed by atoms with Gasteiger partial charge in [0.05, 0.1) is 12.6 Å². The zero-order valence-corrected chi connectivity index (χ0v) is 23.5. The molecule has 0 amide bonds. The summed E-state index contributed by atoms with van der Waals surface area (Å²) in [6.07, 6.45) is -2.86. The Morgan fingerprint density at radius 1 is 1.02 bits per heavy atom. The lowest BCUT2D eigenvalue weighted by Gasteiger charge is -2.29. The van der Waals surface area contributed by atoms with Gasteiger partial charge in [0.15, 0.2) is 5.69 Å². The largest absolute Gasteiger partial charge is 0.493 e. The van der Waals surface area contributed by atoms with Crippen LogP contribution in [0.4, 0.5) is 29.1 Å². The molecule has 0 bridgehead atoms. The third-order valence-corrected chi connectivity index (χ3v) is 8.16. The molecular weight excluding hydrogens is 596 g/mol. The monoisotopic (exact) mass is 620 g/mol. The molecule has 0 atom stereocenters. The topological polar surface area (TPSA) is 127 Å². The van der Waals surface area contributed by atoms with Crippen LogP contribution in [0.5, 0.6) is 5.88 Å². The van der Waals surface area contributed by atoms with Gasteiger partial charge in [-0.05, 0) is 48.4 Å². The molecule has 3 heterocycles. The van der Waals surface area contributed by atoms with Crippen molar-refractivity contribution < 1.29 is 40.3 Å². The predicted octanol–water partition coefficient (Wildman–Crippen LogP) is 3.77. The van der Waals surface area contributed by atoms with Crippen LogP contribution in [0.3, 0.4) is 0 Å². The van der Waals surface area contributed by atoms with Gasteiger partial charge >= 0.3 is 12.1 Å². The van der Waals surface area contributed by atoms with Crippen molar-refractivity contribution in [3.63, 3.8) is 0 Å². The molecule has 0 spiro atoms. The van der Waals surface area contributed by atoms with Crippen molar-refractivity contribution in [1.82, 2.24) is 20.3 Å². The molecule has 1 N–H and O–H groups in total. The quantitative estimate of drug-likeness (QED) is 0.241. The first-order valence-corrected chi connectivity index (χ1v) is 14.2.